The van der Waals surface area contributed by atoms with Crippen LogP contribution in [0.1, 0.15) is 263 Å². The van der Waals surface area contributed by atoms with E-state index in [0.717, 1.165) is 50.4 Å². The molecule has 0 aromatic carbocycles. The molecule has 0 radical (unpaired) electrons. The van der Waals surface area contributed by atoms with Crippen LogP contribution in [0.5, 0.6) is 0 Å². The van der Waals surface area contributed by atoms with Gasteiger partial charge < -0.3 is 0 Å². The first-order chi connectivity index (χ1) is 33.6. The van der Waals surface area contributed by atoms with E-state index in [2.05, 4.69) is 83.1 Å². The number of hydrogen-bond donors (Lipinski definition) is 0. The van der Waals surface area contributed by atoms with Gasteiger partial charge in [0.15, 0.2) is 5.41 Å². The lowest BCUT2D eigenvalue weighted by molar-refractivity contribution is -0.335. The Morgan fingerprint density at radius 2 is 0.842 bits per heavy atom. The summed E-state index contributed by atoms with van der Waals surface area (Å²) in [4.78, 5) is 0. The first-order valence-electron chi connectivity index (χ1n) is 28.1. The zero-order valence-electron chi connectivity index (χ0n) is 52.3. The van der Waals surface area contributed by atoms with Crippen LogP contribution in [0.25, 0.3) is 0 Å². The highest BCUT2D eigenvalue weighted by Gasteiger charge is 2.66. The Bertz CT molecular complexity index is 1270. The molecule has 76 heavy (non-hydrogen) atoms. The van der Waals surface area contributed by atoms with Gasteiger partial charge in [-0.2, -0.15) is 52.7 Å². The summed E-state index contributed by atoms with van der Waals surface area (Å²) in [6, 6.07) is 0. The monoisotopic (exact) mass is 1150 g/mol. The molecule has 2 aliphatic rings. The Morgan fingerprint density at radius 3 is 0.908 bits per heavy atom. The fourth-order valence-corrected chi connectivity index (χ4v) is 6.70. The van der Waals surface area contributed by atoms with Gasteiger partial charge in [0.1, 0.15) is 0 Å². The van der Waals surface area contributed by atoms with Crippen LogP contribution in [-0.4, -0.2) is 43.7 Å². The zero-order valence-corrected chi connectivity index (χ0v) is 52.3. The van der Waals surface area contributed by atoms with E-state index < -0.39 is 72.1 Å². The molecule has 0 bridgehead atoms. The Labute approximate surface area is 455 Å². The zero-order chi connectivity index (χ0) is 62.9. The predicted octanol–water partition coefficient (Wildman–Crippen LogP) is 25.5. The van der Waals surface area contributed by atoms with Gasteiger partial charge in [-0.1, -0.05) is 205 Å². The second-order valence-corrected chi connectivity index (χ2v) is 25.2. The molecule has 7 atom stereocenters. The van der Waals surface area contributed by atoms with Gasteiger partial charge in [0.05, 0.1) is 18.0 Å². The van der Waals surface area contributed by atoms with E-state index in [1.165, 1.54) is 73.6 Å². The summed E-state index contributed by atoms with van der Waals surface area (Å²) in [5.74, 6) is -1.12. The number of hydrogen-bond acceptors (Lipinski definition) is 0. The molecule has 0 aliphatic heterocycles. The molecule has 0 spiro atoms. The van der Waals surface area contributed by atoms with Crippen molar-refractivity contribution in [3.8, 4) is 0 Å². The average Bonchev–Trinajstić information content (AvgIpc) is 3.77. The molecule has 2 rings (SSSR count). The van der Waals surface area contributed by atoms with Crippen molar-refractivity contribution >= 4 is 0 Å². The minimum atomic E-state index is -5.24. The number of halogens is 17. The standard InChI is InChI=1S/C8H13F3.C8H16.C7H16.C6H8F6.C6H11F3.2C6H12F2.C6H13F.C6H14/c1-5-3-6(2)7(4-5)8(9,10)11;1-6-4-5-7(2)8(6)3;1-5-6-7(2,3)4;1-3-4(2,5(7,8)9)6(10,11)12;1-4-5(2,3)6(7,8)9;1-4-6(7,8)5(2)3;1-3-4-5(2)6(7)8;1-3-4-6(2)5-7;1-5-6(2,3)4/h5-7H,3-4H2,1-2H3;6-8H,4-5H2,1-3H3;5-6H2,1-4H3;3H2,1-2H3;4H2,1-3H3;5H,4H2,1-3H3;5-6H,3-4H2,1-2H3;6H,3-5H2,1-2H3;5H2,1-4H3/t5-,6?,7?;;;;;;;;/m0......../s1. The van der Waals surface area contributed by atoms with Crippen LogP contribution in [0.2, 0.25) is 0 Å². The highest BCUT2D eigenvalue weighted by atomic mass is 19.4. The first kappa shape index (κ1) is 88.6. The van der Waals surface area contributed by atoms with Crippen LogP contribution in [0, 0.1) is 74.9 Å². The Morgan fingerprint density at radius 1 is 0.461 bits per heavy atom. The van der Waals surface area contributed by atoms with Crippen molar-refractivity contribution in [2.24, 2.45) is 74.9 Å². The van der Waals surface area contributed by atoms with Crippen molar-refractivity contribution < 1.29 is 74.6 Å². The van der Waals surface area contributed by atoms with Crippen molar-refractivity contribution in [3.05, 3.63) is 0 Å². The second-order valence-electron chi connectivity index (χ2n) is 25.2. The van der Waals surface area contributed by atoms with Crippen LogP contribution in [0.15, 0.2) is 0 Å². The van der Waals surface area contributed by atoms with Gasteiger partial charge >= 0.3 is 24.7 Å². The van der Waals surface area contributed by atoms with Crippen LogP contribution < -0.4 is 0 Å². The minimum absolute atomic E-state index is 0.0509. The van der Waals surface area contributed by atoms with E-state index in [4.69, 9.17) is 0 Å². The fourth-order valence-electron chi connectivity index (χ4n) is 6.70. The van der Waals surface area contributed by atoms with Crippen LogP contribution >= 0.6 is 0 Å². The number of alkyl halides is 17. The van der Waals surface area contributed by atoms with Crippen LogP contribution in [0.3, 0.4) is 0 Å². The predicted molar refractivity (Wildman–Crippen MR) is 289 cm³/mol. The van der Waals surface area contributed by atoms with E-state index in [0.29, 0.717) is 23.7 Å². The highest BCUT2D eigenvalue weighted by Crippen LogP contribution is 2.52. The maximum Gasteiger partial charge on any atom is 0.402 e. The molecule has 2 saturated carbocycles. The molecule has 17 heteroatoms. The van der Waals surface area contributed by atoms with Gasteiger partial charge in [-0.25, -0.2) is 17.6 Å². The molecule has 2 aliphatic carbocycles. The minimum Gasteiger partial charge on any atom is -0.251 e. The van der Waals surface area contributed by atoms with Crippen molar-refractivity contribution in [1.29, 1.82) is 0 Å². The molecule has 2 fully saturated rings. The van der Waals surface area contributed by atoms with Gasteiger partial charge in [0.2, 0.25) is 12.3 Å². The highest BCUT2D eigenvalue weighted by molar-refractivity contribution is 4.88. The maximum atomic E-state index is 12.3. The lowest BCUT2D eigenvalue weighted by Crippen LogP contribution is -2.47. The van der Waals surface area contributed by atoms with Crippen molar-refractivity contribution in [3.63, 3.8) is 0 Å². The lowest BCUT2D eigenvalue weighted by atomic mass is 9.86. The average molecular weight is 1150 g/mol. The summed E-state index contributed by atoms with van der Waals surface area (Å²) >= 11 is 0. The van der Waals surface area contributed by atoms with E-state index in [9.17, 15) is 74.6 Å². The molecule has 0 N–H and O–H groups in total. The molecule has 0 nitrogen and oxygen atoms in total. The summed E-state index contributed by atoms with van der Waals surface area (Å²) in [5, 5.41) is 0. The third-order valence-electron chi connectivity index (χ3n) is 14.6. The fraction of sp³-hybridized carbons (Fsp3) is 1.00. The van der Waals surface area contributed by atoms with Crippen molar-refractivity contribution in [1.82, 2.24) is 0 Å². The molecule has 0 saturated heterocycles. The van der Waals surface area contributed by atoms with Crippen molar-refractivity contribution in [2.75, 3.05) is 6.67 Å². The second kappa shape index (κ2) is 40.9. The Hall–Kier alpha value is -1.19. The largest absolute Gasteiger partial charge is 0.402 e. The molecular formula is C59H115F17. The van der Waals surface area contributed by atoms with E-state index >= 15 is 0 Å². The van der Waals surface area contributed by atoms with Crippen LogP contribution in [0.4, 0.5) is 74.6 Å². The Kier molecular flexibility index (Phi) is 47.7. The van der Waals surface area contributed by atoms with E-state index in [-0.39, 0.29) is 44.2 Å². The molecule has 470 valence electrons. The van der Waals surface area contributed by atoms with E-state index in [1.54, 1.807) is 13.8 Å². The molecule has 0 heterocycles. The molecule has 6 unspecified atom stereocenters. The first-order valence-corrected chi connectivity index (χ1v) is 28.1. The SMILES string of the molecule is CC1CCC(C)C1C.CC1C[C@H](C)CC1C(F)(F)F.CCC(C)(C(F)(F)F)C(F)(F)F.CCC(C)(C)C.CCC(C)(C)C(F)(F)F.CCC(F)(F)C(C)C.CCCC(C)(C)C.CCCC(C)C(F)F.CCCC(C)CF. The van der Waals surface area contributed by atoms with Crippen LogP contribution in [-0.2, 0) is 0 Å². The van der Waals surface area contributed by atoms with Gasteiger partial charge in [-0.05, 0) is 98.2 Å². The number of rotatable bonds is 11. The molecule has 0 aromatic heterocycles. The summed E-state index contributed by atoms with van der Waals surface area (Å²) < 4.78 is 203. The third-order valence-corrected chi connectivity index (χ3v) is 14.6. The van der Waals surface area contributed by atoms with Gasteiger partial charge in [-0.15, -0.1) is 0 Å². The smallest absolute Gasteiger partial charge is 0.251 e. The lowest BCUT2D eigenvalue weighted by Gasteiger charge is -2.32. The van der Waals surface area contributed by atoms with E-state index in [1.807, 2.05) is 20.8 Å². The summed E-state index contributed by atoms with van der Waals surface area (Å²) in [6.07, 6.45) is -10.0. The molecule has 0 aromatic rings. The maximum absolute atomic E-state index is 12.3. The normalized spacial score (nSPS) is 21.0. The van der Waals surface area contributed by atoms with Gasteiger partial charge in [0, 0.05) is 18.3 Å². The van der Waals surface area contributed by atoms with Gasteiger partial charge in [-0.3, -0.25) is 4.39 Å². The van der Waals surface area contributed by atoms with Gasteiger partial charge in [0.25, 0.3) is 0 Å². The Balaban J connectivity index is -0.000000142. The quantitative estimate of drug-likeness (QED) is 0.181. The topological polar surface area (TPSA) is 0 Å². The molecular weight excluding hydrogens is 1030 g/mol. The third kappa shape index (κ3) is 45.5. The summed E-state index contributed by atoms with van der Waals surface area (Å²) in [5.41, 5.74) is -4.01. The summed E-state index contributed by atoms with van der Waals surface area (Å²) in [7, 11) is 0. The summed E-state index contributed by atoms with van der Waals surface area (Å²) in [6.45, 7) is 45.6. The molecule has 0 amide bonds. The van der Waals surface area contributed by atoms with Crippen molar-refractivity contribution in [2.45, 2.75) is 300 Å².